The first kappa shape index (κ1) is 13.9. The molecule has 1 aromatic carbocycles. The number of methoxy groups -OCH3 is 1. The van der Waals surface area contributed by atoms with Crippen LogP contribution in [-0.4, -0.2) is 32.7 Å². The maximum absolute atomic E-state index is 11.8. The van der Waals surface area contributed by atoms with E-state index < -0.39 is 0 Å². The summed E-state index contributed by atoms with van der Waals surface area (Å²) in [6.07, 6.45) is 0.534. The van der Waals surface area contributed by atoms with E-state index in [2.05, 4.69) is 17.6 Å². The molecule has 4 nitrogen and oxygen atoms in total. The molecule has 1 unspecified atom stereocenters. The molecule has 0 aromatic heterocycles. The van der Waals surface area contributed by atoms with Gasteiger partial charge in [-0.2, -0.15) is 0 Å². The summed E-state index contributed by atoms with van der Waals surface area (Å²) < 4.78 is 5.13. The van der Waals surface area contributed by atoms with Crippen molar-refractivity contribution in [1.82, 2.24) is 10.6 Å². The molecule has 1 amide bonds. The molecule has 0 radical (unpaired) electrons. The van der Waals surface area contributed by atoms with Gasteiger partial charge >= 0.3 is 0 Å². The van der Waals surface area contributed by atoms with E-state index in [1.165, 1.54) is 5.56 Å². The van der Waals surface area contributed by atoms with Crippen LogP contribution in [0.25, 0.3) is 0 Å². The molecule has 0 spiro atoms. The molecule has 0 aliphatic carbocycles. The van der Waals surface area contributed by atoms with E-state index >= 15 is 0 Å². The van der Waals surface area contributed by atoms with Crippen molar-refractivity contribution in [1.29, 1.82) is 0 Å². The lowest BCUT2D eigenvalue weighted by molar-refractivity contribution is -0.121. The van der Waals surface area contributed by atoms with Gasteiger partial charge in [0, 0.05) is 32.0 Å². The minimum Gasteiger partial charge on any atom is -0.497 e. The number of hydrogen-bond acceptors (Lipinski definition) is 3. The fourth-order valence-electron chi connectivity index (χ4n) is 2.15. The van der Waals surface area contributed by atoms with Crippen molar-refractivity contribution in [3.63, 3.8) is 0 Å². The lowest BCUT2D eigenvalue weighted by Gasteiger charge is -2.27. The lowest BCUT2D eigenvalue weighted by Crippen LogP contribution is -2.48. The van der Waals surface area contributed by atoms with E-state index in [0.29, 0.717) is 12.3 Å². The molecule has 4 heteroatoms. The molecule has 1 atom stereocenters. The molecule has 2 rings (SSSR count). The second kappa shape index (κ2) is 6.57. The maximum atomic E-state index is 11.8. The van der Waals surface area contributed by atoms with Crippen LogP contribution in [0, 0.1) is 5.92 Å². The Kier molecular flexibility index (Phi) is 4.80. The van der Waals surface area contributed by atoms with E-state index in [1.54, 1.807) is 7.11 Å². The summed E-state index contributed by atoms with van der Waals surface area (Å²) >= 11 is 0. The number of carbonyl (C=O) groups is 1. The number of amides is 1. The van der Waals surface area contributed by atoms with Gasteiger partial charge in [-0.3, -0.25) is 4.79 Å². The Morgan fingerprint density at radius 2 is 2.11 bits per heavy atom. The molecule has 1 saturated heterocycles. The van der Waals surface area contributed by atoms with Crippen LogP contribution in [0.1, 0.15) is 24.8 Å². The molecule has 1 aromatic rings. The second-order valence-corrected chi connectivity index (χ2v) is 5.21. The minimum atomic E-state index is 0.134. The maximum Gasteiger partial charge on any atom is 0.220 e. The van der Waals surface area contributed by atoms with Crippen LogP contribution in [0.3, 0.4) is 0 Å². The van der Waals surface area contributed by atoms with Gasteiger partial charge in [0.15, 0.2) is 0 Å². The first-order valence-corrected chi connectivity index (χ1v) is 6.80. The number of nitrogens with one attached hydrogen (secondary N) is 2. The molecule has 1 aliphatic rings. The fourth-order valence-corrected chi connectivity index (χ4v) is 2.15. The Bertz CT molecular complexity index is 413. The van der Waals surface area contributed by atoms with Crippen LogP contribution >= 0.6 is 0 Å². The summed E-state index contributed by atoms with van der Waals surface area (Å²) in [6, 6.07) is 7.91. The van der Waals surface area contributed by atoms with Crippen molar-refractivity contribution in [3.8, 4) is 5.75 Å². The first-order chi connectivity index (χ1) is 9.19. The highest BCUT2D eigenvalue weighted by molar-refractivity contribution is 5.76. The van der Waals surface area contributed by atoms with Gasteiger partial charge in [0.2, 0.25) is 5.91 Å². The third kappa shape index (κ3) is 3.96. The molecule has 1 fully saturated rings. The summed E-state index contributed by atoms with van der Waals surface area (Å²) in [5, 5.41) is 6.20. The molecule has 19 heavy (non-hydrogen) atoms. The number of rotatable bonds is 6. The Labute approximate surface area is 114 Å². The standard InChI is InChI=1S/C15H22N2O2/c1-11(13-3-5-14(19-2)6-4-13)7-15(18)17-10-12-8-16-9-12/h3-6,11-12,16H,7-10H2,1-2H3,(H,17,18). The van der Waals surface area contributed by atoms with E-state index in [-0.39, 0.29) is 11.8 Å². The monoisotopic (exact) mass is 262 g/mol. The number of ether oxygens (including phenoxy) is 1. The number of carbonyl (C=O) groups excluding carboxylic acids is 1. The van der Waals surface area contributed by atoms with Gasteiger partial charge in [-0.15, -0.1) is 0 Å². The normalized spacial score (nSPS) is 16.5. The van der Waals surface area contributed by atoms with E-state index in [0.717, 1.165) is 25.4 Å². The van der Waals surface area contributed by atoms with E-state index in [4.69, 9.17) is 4.74 Å². The van der Waals surface area contributed by atoms with Crippen molar-refractivity contribution in [2.24, 2.45) is 5.92 Å². The van der Waals surface area contributed by atoms with Crippen LogP contribution in [0.4, 0.5) is 0 Å². The van der Waals surface area contributed by atoms with Gasteiger partial charge < -0.3 is 15.4 Å². The molecule has 1 heterocycles. The zero-order valence-corrected chi connectivity index (χ0v) is 11.6. The van der Waals surface area contributed by atoms with Gasteiger partial charge in [-0.25, -0.2) is 0 Å². The molecule has 104 valence electrons. The zero-order valence-electron chi connectivity index (χ0n) is 11.6. The molecule has 0 bridgehead atoms. The lowest BCUT2D eigenvalue weighted by atomic mass is 9.97. The third-order valence-corrected chi connectivity index (χ3v) is 3.63. The number of hydrogen-bond donors (Lipinski definition) is 2. The van der Waals surface area contributed by atoms with Gasteiger partial charge in [0.05, 0.1) is 7.11 Å². The SMILES string of the molecule is COc1ccc(C(C)CC(=O)NCC2CNC2)cc1. The quantitative estimate of drug-likeness (QED) is 0.817. The summed E-state index contributed by atoms with van der Waals surface area (Å²) in [7, 11) is 1.65. The topological polar surface area (TPSA) is 50.4 Å². The summed E-state index contributed by atoms with van der Waals surface area (Å²) in [4.78, 5) is 11.8. The summed E-state index contributed by atoms with van der Waals surface area (Å²) in [5.41, 5.74) is 1.17. The molecule has 1 aliphatic heterocycles. The van der Waals surface area contributed by atoms with E-state index in [1.807, 2.05) is 24.3 Å². The van der Waals surface area contributed by atoms with Crippen LogP contribution < -0.4 is 15.4 Å². The van der Waals surface area contributed by atoms with Crippen LogP contribution in [-0.2, 0) is 4.79 Å². The van der Waals surface area contributed by atoms with Crippen LogP contribution in [0.5, 0.6) is 5.75 Å². The highest BCUT2D eigenvalue weighted by atomic mass is 16.5. The predicted molar refractivity (Wildman–Crippen MR) is 75.4 cm³/mol. The van der Waals surface area contributed by atoms with Crippen molar-refractivity contribution in [3.05, 3.63) is 29.8 Å². The Balaban J connectivity index is 1.77. The van der Waals surface area contributed by atoms with Gasteiger partial charge in [0.25, 0.3) is 0 Å². The molecule has 2 N–H and O–H groups in total. The summed E-state index contributed by atoms with van der Waals surface area (Å²) in [5.74, 6) is 1.82. The number of benzene rings is 1. The average molecular weight is 262 g/mol. The largest absolute Gasteiger partial charge is 0.497 e. The molecular formula is C15H22N2O2. The van der Waals surface area contributed by atoms with Gasteiger partial charge in [-0.1, -0.05) is 19.1 Å². The molecule has 0 saturated carbocycles. The Morgan fingerprint density at radius 3 is 2.63 bits per heavy atom. The van der Waals surface area contributed by atoms with Crippen molar-refractivity contribution in [2.75, 3.05) is 26.7 Å². The second-order valence-electron chi connectivity index (χ2n) is 5.21. The van der Waals surface area contributed by atoms with E-state index in [9.17, 15) is 4.79 Å². The zero-order chi connectivity index (χ0) is 13.7. The van der Waals surface area contributed by atoms with Crippen molar-refractivity contribution in [2.45, 2.75) is 19.3 Å². The molecular weight excluding hydrogens is 240 g/mol. The van der Waals surface area contributed by atoms with Crippen molar-refractivity contribution < 1.29 is 9.53 Å². The highest BCUT2D eigenvalue weighted by Gasteiger charge is 2.18. The van der Waals surface area contributed by atoms with Crippen LogP contribution in [0.2, 0.25) is 0 Å². The van der Waals surface area contributed by atoms with Crippen LogP contribution in [0.15, 0.2) is 24.3 Å². The average Bonchev–Trinajstić information content (AvgIpc) is 2.37. The Morgan fingerprint density at radius 1 is 1.42 bits per heavy atom. The predicted octanol–water partition coefficient (Wildman–Crippen LogP) is 1.52. The van der Waals surface area contributed by atoms with Gasteiger partial charge in [0.1, 0.15) is 5.75 Å². The fraction of sp³-hybridized carbons (Fsp3) is 0.533. The summed E-state index contributed by atoms with van der Waals surface area (Å²) in [6.45, 7) is 4.91. The van der Waals surface area contributed by atoms with Gasteiger partial charge in [-0.05, 0) is 23.6 Å². The van der Waals surface area contributed by atoms with Crippen molar-refractivity contribution >= 4 is 5.91 Å². The minimum absolute atomic E-state index is 0.134. The Hall–Kier alpha value is -1.55. The first-order valence-electron chi connectivity index (χ1n) is 6.80. The highest BCUT2D eigenvalue weighted by Crippen LogP contribution is 2.21. The smallest absolute Gasteiger partial charge is 0.220 e. The third-order valence-electron chi connectivity index (χ3n) is 3.63.